The highest BCUT2D eigenvalue weighted by Crippen LogP contribution is 2.45. The van der Waals surface area contributed by atoms with E-state index in [9.17, 15) is 4.79 Å². The average Bonchev–Trinajstić information content (AvgIpc) is 3.06. The fourth-order valence-electron chi connectivity index (χ4n) is 6.23. The number of hydrogen-bond acceptors (Lipinski definition) is 7. The van der Waals surface area contributed by atoms with Gasteiger partial charge in [-0.05, 0) is 73.7 Å². The van der Waals surface area contributed by atoms with Crippen molar-refractivity contribution in [2.24, 2.45) is 11.3 Å². The van der Waals surface area contributed by atoms with Crippen LogP contribution in [0.1, 0.15) is 77.1 Å². The van der Waals surface area contributed by atoms with Gasteiger partial charge < -0.3 is 20.4 Å². The maximum Gasteiger partial charge on any atom is 0.163 e. The van der Waals surface area contributed by atoms with Crippen LogP contribution in [0.25, 0.3) is 0 Å². The number of likely N-dealkylation sites (N-methyl/N-ethyl adjacent to an activating group) is 2. The number of nitrogens with two attached hydrogens (primary N) is 1. The van der Waals surface area contributed by atoms with Gasteiger partial charge in [-0.3, -0.25) is 15.5 Å². The van der Waals surface area contributed by atoms with Gasteiger partial charge in [-0.25, -0.2) is 0 Å². The van der Waals surface area contributed by atoms with Gasteiger partial charge in [0.15, 0.2) is 5.78 Å². The Morgan fingerprint density at radius 2 is 1.88 bits per heavy atom. The number of Topliss-reactive ketones (excluding diaryl/α,β-unsaturated/α-hetero) is 1. The third-order valence-electron chi connectivity index (χ3n) is 8.58. The molecule has 0 fully saturated rings. The van der Waals surface area contributed by atoms with Crippen LogP contribution in [0.3, 0.4) is 0 Å². The third-order valence-corrected chi connectivity index (χ3v) is 8.58. The van der Waals surface area contributed by atoms with Gasteiger partial charge in [0.2, 0.25) is 0 Å². The van der Waals surface area contributed by atoms with Crippen LogP contribution < -0.4 is 16.6 Å². The van der Waals surface area contributed by atoms with Gasteiger partial charge in [0.25, 0.3) is 0 Å². The Balaban J connectivity index is 0.000000424. The van der Waals surface area contributed by atoms with E-state index in [1.165, 1.54) is 16.7 Å². The van der Waals surface area contributed by atoms with Crippen LogP contribution in [0.15, 0.2) is 53.4 Å². The van der Waals surface area contributed by atoms with Gasteiger partial charge in [0.1, 0.15) is 0 Å². The van der Waals surface area contributed by atoms with E-state index < -0.39 is 0 Å². The number of fused-ring (bicyclic) bond motifs is 1. The SMILES string of the molecule is CCN(CC)CCOC.CCc1ccc(C2C3=C(CC(C)(C)CC3=O)NC3C=C(NN)C=CC3N2C)c(CC)c1. The summed E-state index contributed by atoms with van der Waals surface area (Å²) < 4.78 is 4.93. The number of allylic oxidation sites excluding steroid dienone is 2. The van der Waals surface area contributed by atoms with E-state index in [0.29, 0.717) is 6.42 Å². The lowest BCUT2D eigenvalue weighted by molar-refractivity contribution is -0.118. The first-order chi connectivity index (χ1) is 19.1. The Labute approximate surface area is 242 Å². The molecule has 0 bridgehead atoms. The number of hydrazine groups is 1. The smallest absolute Gasteiger partial charge is 0.163 e. The quantitative estimate of drug-likeness (QED) is 0.304. The van der Waals surface area contributed by atoms with Crippen molar-refractivity contribution in [3.63, 3.8) is 0 Å². The molecule has 1 heterocycles. The van der Waals surface area contributed by atoms with Crippen molar-refractivity contribution >= 4 is 5.78 Å². The number of carbonyl (C=O) groups is 1. The molecule has 3 unspecified atom stereocenters. The van der Waals surface area contributed by atoms with E-state index in [1.807, 2.05) is 6.08 Å². The highest BCUT2D eigenvalue weighted by atomic mass is 16.5. The number of ketones is 1. The molecule has 0 saturated heterocycles. The van der Waals surface area contributed by atoms with Crippen LogP contribution >= 0.6 is 0 Å². The third kappa shape index (κ3) is 7.43. The summed E-state index contributed by atoms with van der Waals surface area (Å²) >= 11 is 0. The molecule has 1 aliphatic heterocycles. The molecule has 222 valence electrons. The Hall–Kier alpha value is -2.45. The molecule has 0 radical (unpaired) electrons. The first kappa shape index (κ1) is 32.1. The maximum atomic E-state index is 13.6. The Morgan fingerprint density at radius 3 is 2.48 bits per heavy atom. The summed E-state index contributed by atoms with van der Waals surface area (Å²) in [7, 11) is 3.89. The molecule has 0 aromatic heterocycles. The molecule has 0 spiro atoms. The van der Waals surface area contributed by atoms with E-state index in [4.69, 9.17) is 10.6 Å². The molecule has 7 heteroatoms. The van der Waals surface area contributed by atoms with Crippen LogP contribution in [0.4, 0.5) is 0 Å². The van der Waals surface area contributed by atoms with Crippen molar-refractivity contribution < 1.29 is 9.53 Å². The Kier molecular flexibility index (Phi) is 11.6. The van der Waals surface area contributed by atoms with E-state index >= 15 is 0 Å². The van der Waals surface area contributed by atoms with Crippen LogP contribution in [0.2, 0.25) is 0 Å². The van der Waals surface area contributed by atoms with Gasteiger partial charge in [-0.15, -0.1) is 0 Å². The highest BCUT2D eigenvalue weighted by molar-refractivity contribution is 5.99. The molecule has 3 aliphatic rings. The second kappa shape index (κ2) is 14.4. The van der Waals surface area contributed by atoms with Crippen molar-refractivity contribution in [3.8, 4) is 0 Å². The molecule has 3 atom stereocenters. The van der Waals surface area contributed by atoms with Gasteiger partial charge in [-0.2, -0.15) is 0 Å². The number of carbonyl (C=O) groups excluding carboxylic acids is 1. The minimum absolute atomic E-state index is 0.0469. The average molecular weight is 552 g/mol. The number of rotatable bonds is 9. The summed E-state index contributed by atoms with van der Waals surface area (Å²) in [4.78, 5) is 18.3. The number of nitrogens with zero attached hydrogens (tertiary/aromatic N) is 2. The fraction of sp³-hybridized carbons (Fsp3) is 0.606. The lowest BCUT2D eigenvalue weighted by Crippen LogP contribution is -2.47. The van der Waals surface area contributed by atoms with E-state index in [0.717, 1.165) is 62.5 Å². The fourth-order valence-corrected chi connectivity index (χ4v) is 6.23. The number of ether oxygens (including phenoxy) is 1. The number of methoxy groups -OCH3 is 1. The van der Waals surface area contributed by atoms with Gasteiger partial charge in [0, 0.05) is 37.0 Å². The molecule has 0 amide bonds. The predicted molar refractivity (Wildman–Crippen MR) is 166 cm³/mol. The molecule has 2 aliphatic carbocycles. The monoisotopic (exact) mass is 551 g/mol. The summed E-state index contributed by atoms with van der Waals surface area (Å²) in [5.41, 5.74) is 9.59. The first-order valence-electron chi connectivity index (χ1n) is 15.1. The van der Waals surface area contributed by atoms with E-state index in [-0.39, 0.29) is 29.3 Å². The zero-order chi connectivity index (χ0) is 29.4. The summed E-state index contributed by atoms with van der Waals surface area (Å²) in [6.45, 7) is 17.3. The number of nitrogens with one attached hydrogen (secondary N) is 2. The van der Waals surface area contributed by atoms with Crippen molar-refractivity contribution in [3.05, 3.63) is 70.1 Å². The number of hydrogen-bond donors (Lipinski definition) is 3. The number of benzene rings is 1. The molecule has 1 aromatic carbocycles. The normalized spacial score (nSPS) is 23.9. The minimum atomic E-state index is -0.0626. The van der Waals surface area contributed by atoms with Crippen LogP contribution in [-0.4, -0.2) is 68.1 Å². The lowest BCUT2D eigenvalue weighted by Gasteiger charge is -2.38. The standard InChI is InChI=1S/C26H36N4O.C7H17NO/c1-6-16-8-10-19(17(7-2)12-16)25-24-21(14-26(3,4)15-23(24)31)28-20-13-18(29-27)9-11-22(20)30(25)5;1-4-8(5-2)6-7-9-3/h8-13,20,22,25,28-29H,6-7,14-15,27H2,1-5H3;4-7H2,1-3H3. The van der Waals surface area contributed by atoms with Crippen molar-refractivity contribution in [2.45, 2.75) is 85.4 Å². The topological polar surface area (TPSA) is 82.9 Å². The van der Waals surface area contributed by atoms with Gasteiger partial charge >= 0.3 is 0 Å². The van der Waals surface area contributed by atoms with Crippen LogP contribution in [-0.2, 0) is 22.4 Å². The first-order valence-corrected chi connectivity index (χ1v) is 15.1. The molecular weight excluding hydrogens is 498 g/mol. The molecule has 1 aromatic rings. The van der Waals surface area contributed by atoms with Gasteiger partial charge in [0.05, 0.1) is 24.7 Å². The lowest BCUT2D eigenvalue weighted by atomic mass is 9.73. The van der Waals surface area contributed by atoms with Crippen molar-refractivity contribution in [1.29, 1.82) is 0 Å². The molecule has 4 N–H and O–H groups in total. The van der Waals surface area contributed by atoms with Crippen molar-refractivity contribution in [2.75, 3.05) is 40.4 Å². The Bertz CT molecular complexity index is 1100. The van der Waals surface area contributed by atoms with E-state index in [2.05, 4.69) is 99.5 Å². The molecule has 40 heavy (non-hydrogen) atoms. The molecule has 0 saturated carbocycles. The summed E-state index contributed by atoms with van der Waals surface area (Å²) in [5.74, 6) is 5.97. The summed E-state index contributed by atoms with van der Waals surface area (Å²) in [5, 5.41) is 3.75. The number of aryl methyl sites for hydroxylation is 2. The maximum absolute atomic E-state index is 13.6. The van der Waals surface area contributed by atoms with Crippen LogP contribution in [0, 0.1) is 5.41 Å². The predicted octanol–water partition coefficient (Wildman–Crippen LogP) is 4.66. The molecule has 7 nitrogen and oxygen atoms in total. The van der Waals surface area contributed by atoms with Gasteiger partial charge in [-0.1, -0.05) is 65.8 Å². The molecular formula is C33H53N5O2. The zero-order valence-corrected chi connectivity index (χ0v) is 26.1. The summed E-state index contributed by atoms with van der Waals surface area (Å²) in [6.07, 6.45) is 9.80. The zero-order valence-electron chi connectivity index (χ0n) is 26.1. The second-order valence-corrected chi connectivity index (χ2v) is 11.9. The minimum Gasteiger partial charge on any atom is -0.383 e. The van der Waals surface area contributed by atoms with Crippen LogP contribution in [0.5, 0.6) is 0 Å². The molecule has 4 rings (SSSR count). The Morgan fingerprint density at radius 1 is 1.15 bits per heavy atom. The van der Waals surface area contributed by atoms with E-state index in [1.54, 1.807) is 7.11 Å². The van der Waals surface area contributed by atoms with Crippen molar-refractivity contribution in [1.82, 2.24) is 20.5 Å². The highest BCUT2D eigenvalue weighted by Gasteiger charge is 2.44. The second-order valence-electron chi connectivity index (χ2n) is 11.9. The largest absolute Gasteiger partial charge is 0.383 e. The summed E-state index contributed by atoms with van der Waals surface area (Å²) in [6, 6.07) is 6.92.